The predicted octanol–water partition coefficient (Wildman–Crippen LogP) is 8.99. The number of fused-ring (bicyclic) bond motifs is 2. The van der Waals surface area contributed by atoms with Crippen LogP contribution in [0.3, 0.4) is 0 Å². The lowest BCUT2D eigenvalue weighted by Crippen LogP contribution is -1.95. The van der Waals surface area contributed by atoms with Gasteiger partial charge in [-0.25, -0.2) is 0 Å². The van der Waals surface area contributed by atoms with Gasteiger partial charge in [0.1, 0.15) is 0 Å². The van der Waals surface area contributed by atoms with Crippen LogP contribution in [0.2, 0.25) is 0 Å². The molecule has 180 valence electrons. The Balaban J connectivity index is 1.16. The maximum Gasteiger partial charge on any atom is 0.0786 e. The first kappa shape index (κ1) is 23.1. The number of nitrogens with zero attached hydrogens (tertiary/aromatic N) is 2. The lowest BCUT2D eigenvalue weighted by atomic mass is 9.95. The normalized spacial score (nSPS) is 11.3. The lowest BCUT2D eigenvalue weighted by molar-refractivity contribution is 0.734. The Morgan fingerprint density at radius 3 is 2.11 bits per heavy atom. The van der Waals surface area contributed by atoms with Gasteiger partial charge in [-0.2, -0.15) is 0 Å². The molecular weight excluding hydrogens is 448 g/mol. The van der Waals surface area contributed by atoms with Crippen molar-refractivity contribution in [3.8, 4) is 22.5 Å². The highest BCUT2D eigenvalue weighted by Gasteiger charge is 2.12. The highest BCUT2D eigenvalue weighted by Crippen LogP contribution is 2.33. The molecule has 0 amide bonds. The zero-order valence-electron chi connectivity index (χ0n) is 21.2. The van der Waals surface area contributed by atoms with Gasteiger partial charge in [-0.1, -0.05) is 103 Å². The standard InChI is InChI=1S/C35H30N2/c1-25-17-20-28(21-18-25)34-22-19-26(23-36-34)9-2-3-11-29-24-37-35(32-15-7-6-14-31(29)32)33-16-8-12-27-10-4-5-13-30(27)33/h4-8,10,12-24H,2-3,9,11H2,1H3. The zero-order valence-corrected chi connectivity index (χ0v) is 21.2. The summed E-state index contributed by atoms with van der Waals surface area (Å²) in [4.78, 5) is 9.70. The fourth-order valence-electron chi connectivity index (χ4n) is 5.21. The fourth-order valence-corrected chi connectivity index (χ4v) is 5.21. The number of hydrogen-bond donors (Lipinski definition) is 0. The highest BCUT2D eigenvalue weighted by molar-refractivity contribution is 6.04. The van der Waals surface area contributed by atoms with E-state index in [0.717, 1.165) is 37.1 Å². The van der Waals surface area contributed by atoms with Crippen molar-refractivity contribution in [2.75, 3.05) is 0 Å². The summed E-state index contributed by atoms with van der Waals surface area (Å²) >= 11 is 0. The van der Waals surface area contributed by atoms with Crippen LogP contribution in [0.1, 0.15) is 29.5 Å². The van der Waals surface area contributed by atoms with E-state index in [9.17, 15) is 0 Å². The molecule has 6 aromatic rings. The Morgan fingerprint density at radius 1 is 0.568 bits per heavy atom. The molecule has 0 N–H and O–H groups in total. The number of benzene rings is 4. The molecule has 2 nitrogen and oxygen atoms in total. The summed E-state index contributed by atoms with van der Waals surface area (Å²) in [5.41, 5.74) is 8.36. The summed E-state index contributed by atoms with van der Waals surface area (Å²) < 4.78 is 0. The van der Waals surface area contributed by atoms with Crippen molar-refractivity contribution >= 4 is 21.5 Å². The van der Waals surface area contributed by atoms with E-state index in [1.54, 1.807) is 0 Å². The van der Waals surface area contributed by atoms with Gasteiger partial charge < -0.3 is 0 Å². The van der Waals surface area contributed by atoms with Crippen LogP contribution in [0, 0.1) is 6.92 Å². The summed E-state index contributed by atoms with van der Waals surface area (Å²) in [6.45, 7) is 2.11. The fraction of sp³-hybridized carbons (Fsp3) is 0.143. The van der Waals surface area contributed by atoms with Crippen molar-refractivity contribution in [2.45, 2.75) is 32.6 Å². The van der Waals surface area contributed by atoms with E-state index in [2.05, 4.69) is 116 Å². The van der Waals surface area contributed by atoms with Crippen molar-refractivity contribution in [1.82, 2.24) is 9.97 Å². The van der Waals surface area contributed by atoms with Crippen LogP contribution in [0.5, 0.6) is 0 Å². The third kappa shape index (κ3) is 4.88. The molecule has 2 heteroatoms. The highest BCUT2D eigenvalue weighted by atomic mass is 14.7. The summed E-state index contributed by atoms with van der Waals surface area (Å²) in [6.07, 6.45) is 8.45. The number of aryl methyl sites for hydroxylation is 3. The van der Waals surface area contributed by atoms with Gasteiger partial charge in [0.2, 0.25) is 0 Å². The largest absolute Gasteiger partial charge is 0.256 e. The number of rotatable bonds is 7. The smallest absolute Gasteiger partial charge is 0.0786 e. The van der Waals surface area contributed by atoms with Crippen LogP contribution in [-0.4, -0.2) is 9.97 Å². The van der Waals surface area contributed by atoms with Crippen molar-refractivity contribution in [2.24, 2.45) is 0 Å². The minimum atomic E-state index is 1.03. The summed E-state index contributed by atoms with van der Waals surface area (Å²) in [5.74, 6) is 0. The van der Waals surface area contributed by atoms with Crippen molar-refractivity contribution in [3.05, 3.63) is 132 Å². The number of pyridine rings is 2. The molecule has 0 atom stereocenters. The van der Waals surface area contributed by atoms with E-state index in [4.69, 9.17) is 9.97 Å². The van der Waals surface area contributed by atoms with Gasteiger partial charge in [0.25, 0.3) is 0 Å². The second kappa shape index (κ2) is 10.4. The topological polar surface area (TPSA) is 25.8 Å². The van der Waals surface area contributed by atoms with Gasteiger partial charge in [0, 0.05) is 28.9 Å². The van der Waals surface area contributed by atoms with Gasteiger partial charge >= 0.3 is 0 Å². The molecule has 0 aliphatic rings. The molecule has 0 spiro atoms. The molecule has 6 rings (SSSR count). The van der Waals surface area contributed by atoms with Crippen LogP contribution >= 0.6 is 0 Å². The van der Waals surface area contributed by atoms with E-state index >= 15 is 0 Å². The molecule has 2 heterocycles. The van der Waals surface area contributed by atoms with Crippen molar-refractivity contribution < 1.29 is 0 Å². The molecule has 0 saturated heterocycles. The van der Waals surface area contributed by atoms with E-state index in [-0.39, 0.29) is 0 Å². The monoisotopic (exact) mass is 478 g/mol. The average molecular weight is 479 g/mol. The SMILES string of the molecule is Cc1ccc(-c2ccc(CCCCc3cnc(-c4cccc5ccccc45)c4ccccc34)cn2)cc1. The first-order chi connectivity index (χ1) is 18.3. The molecule has 0 fully saturated rings. The quantitative estimate of drug-likeness (QED) is 0.214. The number of aromatic nitrogens is 2. The second-order valence-electron chi connectivity index (χ2n) is 9.83. The van der Waals surface area contributed by atoms with Gasteiger partial charge in [0.05, 0.1) is 11.4 Å². The lowest BCUT2D eigenvalue weighted by Gasteiger charge is -2.13. The Kier molecular flexibility index (Phi) is 6.47. The van der Waals surface area contributed by atoms with E-state index in [1.807, 2.05) is 6.20 Å². The third-order valence-electron chi connectivity index (χ3n) is 7.26. The van der Waals surface area contributed by atoms with Crippen LogP contribution < -0.4 is 0 Å². The molecule has 0 aliphatic carbocycles. The van der Waals surface area contributed by atoms with Gasteiger partial charge in [0.15, 0.2) is 0 Å². The molecule has 0 aliphatic heterocycles. The molecular formula is C35H30N2. The second-order valence-corrected chi connectivity index (χ2v) is 9.83. The first-order valence-electron chi connectivity index (χ1n) is 13.1. The number of unbranched alkanes of at least 4 members (excludes halogenated alkanes) is 1. The molecule has 0 unspecified atom stereocenters. The van der Waals surface area contributed by atoms with Gasteiger partial charge in [-0.05, 0) is 66.0 Å². The first-order valence-corrected chi connectivity index (χ1v) is 13.1. The molecule has 0 radical (unpaired) electrons. The Hall–Kier alpha value is -4.30. The Labute approximate surface area is 218 Å². The molecule has 0 saturated carbocycles. The summed E-state index contributed by atoms with van der Waals surface area (Å²) in [7, 11) is 0. The predicted molar refractivity (Wildman–Crippen MR) is 156 cm³/mol. The Bertz CT molecular complexity index is 1660. The zero-order chi connectivity index (χ0) is 25.0. The van der Waals surface area contributed by atoms with Gasteiger partial charge in [-0.15, -0.1) is 0 Å². The van der Waals surface area contributed by atoms with Crippen LogP contribution in [0.25, 0.3) is 44.1 Å². The van der Waals surface area contributed by atoms with Crippen LogP contribution in [-0.2, 0) is 12.8 Å². The molecule has 4 aromatic carbocycles. The summed E-state index contributed by atoms with van der Waals surface area (Å²) in [6, 6.07) is 36.7. The van der Waals surface area contributed by atoms with E-state index < -0.39 is 0 Å². The molecule has 37 heavy (non-hydrogen) atoms. The van der Waals surface area contributed by atoms with E-state index in [0.29, 0.717) is 0 Å². The third-order valence-corrected chi connectivity index (χ3v) is 7.26. The van der Waals surface area contributed by atoms with Crippen molar-refractivity contribution in [1.29, 1.82) is 0 Å². The average Bonchev–Trinajstić information content (AvgIpc) is 2.96. The molecule has 0 bridgehead atoms. The summed E-state index contributed by atoms with van der Waals surface area (Å²) in [5, 5.41) is 5.03. The van der Waals surface area contributed by atoms with Crippen molar-refractivity contribution in [3.63, 3.8) is 0 Å². The molecule has 2 aromatic heterocycles. The minimum absolute atomic E-state index is 1.03. The van der Waals surface area contributed by atoms with E-state index in [1.165, 1.54) is 49.4 Å². The Morgan fingerprint density at radius 2 is 1.30 bits per heavy atom. The maximum absolute atomic E-state index is 5.00. The maximum atomic E-state index is 5.00. The van der Waals surface area contributed by atoms with Gasteiger partial charge in [-0.3, -0.25) is 9.97 Å². The van der Waals surface area contributed by atoms with Crippen LogP contribution in [0.4, 0.5) is 0 Å². The minimum Gasteiger partial charge on any atom is -0.256 e. The van der Waals surface area contributed by atoms with Crippen LogP contribution in [0.15, 0.2) is 116 Å². The number of hydrogen-bond acceptors (Lipinski definition) is 2.